The predicted molar refractivity (Wildman–Crippen MR) is 83.4 cm³/mol. The van der Waals surface area contributed by atoms with Crippen LogP contribution in [0.25, 0.3) is 6.08 Å². The summed E-state index contributed by atoms with van der Waals surface area (Å²) in [5.41, 5.74) is 1.98. The zero-order valence-corrected chi connectivity index (χ0v) is 11.9. The predicted octanol–water partition coefficient (Wildman–Crippen LogP) is 2.89. The molecule has 2 aromatic rings. The molecule has 0 unspecified atom stereocenters. The molecule has 0 atom stereocenters. The van der Waals surface area contributed by atoms with E-state index in [0.717, 1.165) is 16.9 Å². The van der Waals surface area contributed by atoms with Crippen molar-refractivity contribution in [2.45, 2.75) is 6.54 Å². The Labute approximate surface area is 128 Å². The van der Waals surface area contributed by atoms with Crippen LogP contribution in [0.1, 0.15) is 11.1 Å². The first-order valence-corrected chi connectivity index (χ1v) is 6.96. The summed E-state index contributed by atoms with van der Waals surface area (Å²) >= 11 is 0. The van der Waals surface area contributed by atoms with Crippen LogP contribution in [-0.4, -0.2) is 12.8 Å². The van der Waals surface area contributed by atoms with E-state index < -0.39 is 0 Å². The van der Waals surface area contributed by atoms with Gasteiger partial charge in [0.25, 0.3) is 0 Å². The van der Waals surface area contributed by atoms with Crippen LogP contribution >= 0.6 is 0 Å². The molecule has 0 fully saturated rings. The van der Waals surface area contributed by atoms with Crippen molar-refractivity contribution in [3.8, 4) is 11.5 Å². The van der Waals surface area contributed by atoms with Crippen LogP contribution in [-0.2, 0) is 6.54 Å². The molecule has 1 aliphatic rings. The summed E-state index contributed by atoms with van der Waals surface area (Å²) in [5.74, 6) is 1.45. The van der Waals surface area contributed by atoms with Gasteiger partial charge in [0.15, 0.2) is 11.5 Å². The average molecular weight is 296 g/mol. The number of carbonyl (C=O) groups excluding carboxylic acids is 1. The topological polar surface area (TPSA) is 59.6 Å². The molecule has 1 heterocycles. The summed E-state index contributed by atoms with van der Waals surface area (Å²) in [5, 5.41) is 5.45. The molecule has 1 aliphatic heterocycles. The van der Waals surface area contributed by atoms with Crippen LogP contribution in [0.3, 0.4) is 0 Å². The molecule has 0 spiro atoms. The minimum atomic E-state index is -0.259. The van der Waals surface area contributed by atoms with Gasteiger partial charge in [-0.15, -0.1) is 0 Å². The van der Waals surface area contributed by atoms with Crippen molar-refractivity contribution in [1.82, 2.24) is 10.6 Å². The first kappa shape index (κ1) is 14.0. The van der Waals surface area contributed by atoms with E-state index in [1.165, 1.54) is 0 Å². The van der Waals surface area contributed by atoms with Gasteiger partial charge in [-0.05, 0) is 29.3 Å². The first-order valence-electron chi connectivity index (χ1n) is 6.96. The molecule has 0 bridgehead atoms. The molecule has 3 rings (SSSR count). The van der Waals surface area contributed by atoms with E-state index in [9.17, 15) is 4.79 Å². The maximum absolute atomic E-state index is 11.7. The van der Waals surface area contributed by atoms with Crippen LogP contribution < -0.4 is 20.1 Å². The van der Waals surface area contributed by atoms with E-state index in [2.05, 4.69) is 10.6 Å². The maximum atomic E-state index is 11.7. The van der Waals surface area contributed by atoms with Crippen LogP contribution in [0.2, 0.25) is 0 Å². The van der Waals surface area contributed by atoms with Crippen molar-refractivity contribution < 1.29 is 14.3 Å². The molecule has 2 N–H and O–H groups in total. The minimum Gasteiger partial charge on any atom is -0.454 e. The zero-order chi connectivity index (χ0) is 15.2. The monoisotopic (exact) mass is 296 g/mol. The summed E-state index contributed by atoms with van der Waals surface area (Å²) in [6.45, 7) is 0.665. The van der Waals surface area contributed by atoms with Gasteiger partial charge in [0.2, 0.25) is 6.79 Å². The lowest BCUT2D eigenvalue weighted by Gasteiger charge is -2.05. The number of rotatable bonds is 4. The second-order valence-corrected chi connectivity index (χ2v) is 4.76. The number of benzene rings is 2. The summed E-state index contributed by atoms with van der Waals surface area (Å²) < 4.78 is 10.5. The minimum absolute atomic E-state index is 0.247. The van der Waals surface area contributed by atoms with E-state index in [1.54, 1.807) is 6.20 Å². The highest BCUT2D eigenvalue weighted by atomic mass is 16.7. The van der Waals surface area contributed by atoms with E-state index in [4.69, 9.17) is 9.47 Å². The molecule has 0 radical (unpaired) electrons. The third-order valence-electron chi connectivity index (χ3n) is 3.18. The standard InChI is InChI=1S/C17H16N2O3/c20-17(18-9-8-13-4-2-1-3-5-13)19-11-14-6-7-15-16(10-14)22-12-21-15/h1-10H,11-12H2,(H2,18,19,20)/b9-8+. The molecule has 2 amide bonds. The highest BCUT2D eigenvalue weighted by Gasteiger charge is 2.13. The molecule has 0 saturated carbocycles. The van der Waals surface area contributed by atoms with E-state index in [0.29, 0.717) is 12.3 Å². The molecular formula is C17H16N2O3. The van der Waals surface area contributed by atoms with Gasteiger partial charge in [0.05, 0.1) is 0 Å². The Morgan fingerprint density at radius 1 is 1.09 bits per heavy atom. The van der Waals surface area contributed by atoms with Gasteiger partial charge in [-0.1, -0.05) is 36.4 Å². The summed E-state index contributed by atoms with van der Waals surface area (Å²) in [6.07, 6.45) is 3.45. The normalized spacial score (nSPS) is 12.4. The van der Waals surface area contributed by atoms with Crippen molar-refractivity contribution in [1.29, 1.82) is 0 Å². The largest absolute Gasteiger partial charge is 0.454 e. The Hall–Kier alpha value is -2.95. The lowest BCUT2D eigenvalue weighted by atomic mass is 10.2. The third kappa shape index (κ3) is 3.58. The number of ether oxygens (including phenoxy) is 2. The number of hydrogen-bond donors (Lipinski definition) is 2. The second-order valence-electron chi connectivity index (χ2n) is 4.76. The Morgan fingerprint density at radius 3 is 2.77 bits per heavy atom. The van der Waals surface area contributed by atoms with Crippen molar-refractivity contribution in [3.05, 3.63) is 65.9 Å². The summed E-state index contributed by atoms with van der Waals surface area (Å²) in [4.78, 5) is 11.7. The lowest BCUT2D eigenvalue weighted by Crippen LogP contribution is -2.31. The van der Waals surface area contributed by atoms with Crippen LogP contribution in [0, 0.1) is 0 Å². The zero-order valence-electron chi connectivity index (χ0n) is 11.9. The molecule has 0 aliphatic carbocycles. The highest BCUT2D eigenvalue weighted by Crippen LogP contribution is 2.32. The van der Waals surface area contributed by atoms with Gasteiger partial charge in [0.1, 0.15) is 0 Å². The quantitative estimate of drug-likeness (QED) is 0.912. The molecule has 5 heteroatoms. The van der Waals surface area contributed by atoms with Crippen molar-refractivity contribution in [2.24, 2.45) is 0 Å². The number of urea groups is 1. The number of carbonyl (C=O) groups is 1. The fraction of sp³-hybridized carbons (Fsp3) is 0.118. The Kier molecular flexibility index (Phi) is 4.25. The molecular weight excluding hydrogens is 280 g/mol. The van der Waals surface area contributed by atoms with Crippen molar-refractivity contribution in [3.63, 3.8) is 0 Å². The highest BCUT2D eigenvalue weighted by molar-refractivity contribution is 5.75. The summed E-state index contributed by atoms with van der Waals surface area (Å²) in [7, 11) is 0. The fourth-order valence-corrected chi connectivity index (χ4v) is 2.06. The third-order valence-corrected chi connectivity index (χ3v) is 3.18. The number of nitrogens with one attached hydrogen (secondary N) is 2. The fourth-order valence-electron chi connectivity index (χ4n) is 2.06. The van der Waals surface area contributed by atoms with Gasteiger partial charge in [0, 0.05) is 12.7 Å². The van der Waals surface area contributed by atoms with E-state index in [1.807, 2.05) is 54.6 Å². The second kappa shape index (κ2) is 6.67. The van der Waals surface area contributed by atoms with Gasteiger partial charge in [-0.25, -0.2) is 4.79 Å². The Morgan fingerprint density at radius 2 is 1.91 bits per heavy atom. The number of amides is 2. The molecule has 112 valence electrons. The van der Waals surface area contributed by atoms with Gasteiger partial charge in [-0.3, -0.25) is 0 Å². The van der Waals surface area contributed by atoms with Crippen LogP contribution in [0.4, 0.5) is 4.79 Å². The van der Waals surface area contributed by atoms with E-state index in [-0.39, 0.29) is 12.8 Å². The van der Waals surface area contributed by atoms with Gasteiger partial charge < -0.3 is 20.1 Å². The number of hydrogen-bond acceptors (Lipinski definition) is 3. The van der Waals surface area contributed by atoms with Crippen molar-refractivity contribution in [2.75, 3.05) is 6.79 Å². The number of fused-ring (bicyclic) bond motifs is 1. The smallest absolute Gasteiger partial charge is 0.319 e. The molecule has 0 aromatic heterocycles. The van der Waals surface area contributed by atoms with Gasteiger partial charge in [-0.2, -0.15) is 0 Å². The molecule has 22 heavy (non-hydrogen) atoms. The maximum Gasteiger partial charge on any atom is 0.319 e. The summed E-state index contributed by atoms with van der Waals surface area (Å²) in [6, 6.07) is 15.1. The van der Waals surface area contributed by atoms with Crippen molar-refractivity contribution >= 4 is 12.1 Å². The van der Waals surface area contributed by atoms with Gasteiger partial charge >= 0.3 is 6.03 Å². The molecule has 5 nitrogen and oxygen atoms in total. The Balaban J connectivity index is 1.47. The van der Waals surface area contributed by atoms with E-state index >= 15 is 0 Å². The lowest BCUT2D eigenvalue weighted by molar-refractivity contribution is 0.174. The molecule has 2 aromatic carbocycles. The molecule has 0 saturated heterocycles. The first-order chi connectivity index (χ1) is 10.8. The average Bonchev–Trinajstić information content (AvgIpc) is 3.01. The SMILES string of the molecule is O=C(N/C=C/c1ccccc1)NCc1ccc2c(c1)OCO2. The Bertz CT molecular complexity index is 684. The van der Waals surface area contributed by atoms with Crippen LogP contribution in [0.5, 0.6) is 11.5 Å². The van der Waals surface area contributed by atoms with Crippen LogP contribution in [0.15, 0.2) is 54.7 Å².